The van der Waals surface area contributed by atoms with Crippen LogP contribution in [0.1, 0.15) is 23.2 Å². The molecule has 0 unspecified atom stereocenters. The van der Waals surface area contributed by atoms with E-state index in [0.717, 1.165) is 18.8 Å². The Kier molecular flexibility index (Phi) is 3.34. The number of nitrogens with zero attached hydrogens (tertiary/aromatic N) is 1. The van der Waals surface area contributed by atoms with Crippen molar-refractivity contribution in [2.45, 2.75) is 12.8 Å². The fourth-order valence-electron chi connectivity index (χ4n) is 1.95. The van der Waals surface area contributed by atoms with Crippen LogP contribution in [0.15, 0.2) is 18.2 Å². The van der Waals surface area contributed by atoms with E-state index >= 15 is 0 Å². The molecule has 0 amide bonds. The Labute approximate surface area is 100.0 Å². The second-order valence-electron chi connectivity index (χ2n) is 3.85. The first-order valence-electron chi connectivity index (χ1n) is 5.35. The minimum absolute atomic E-state index is 0.391. The summed E-state index contributed by atoms with van der Waals surface area (Å²) in [6, 6.07) is 5.48. The molecule has 1 aliphatic heterocycles. The van der Waals surface area contributed by atoms with E-state index in [0.29, 0.717) is 10.6 Å². The Bertz CT molecular complexity index is 400. The number of halogens is 1. The van der Waals surface area contributed by atoms with Gasteiger partial charge >= 0.3 is 5.97 Å². The van der Waals surface area contributed by atoms with Gasteiger partial charge in [0.1, 0.15) is 0 Å². The van der Waals surface area contributed by atoms with E-state index in [1.165, 1.54) is 20.0 Å². The number of carbonyl (C=O) groups is 1. The minimum Gasteiger partial charge on any atom is -0.465 e. The molecule has 1 heterocycles. The molecule has 0 radical (unpaired) electrons. The first-order chi connectivity index (χ1) is 7.72. The number of ether oxygens (including phenoxy) is 1. The van der Waals surface area contributed by atoms with Crippen LogP contribution in [-0.4, -0.2) is 26.2 Å². The number of anilines is 1. The first kappa shape index (κ1) is 11.3. The summed E-state index contributed by atoms with van der Waals surface area (Å²) in [5.41, 5.74) is 1.50. The first-order valence-corrected chi connectivity index (χ1v) is 5.73. The molecule has 0 spiro atoms. The molecule has 1 aliphatic rings. The quantitative estimate of drug-likeness (QED) is 0.744. The molecule has 1 fully saturated rings. The van der Waals surface area contributed by atoms with Crippen molar-refractivity contribution in [3.05, 3.63) is 28.8 Å². The van der Waals surface area contributed by atoms with E-state index in [-0.39, 0.29) is 0 Å². The average Bonchev–Trinajstić information content (AvgIpc) is 2.81. The predicted octanol–water partition coefficient (Wildman–Crippen LogP) is 2.73. The molecule has 16 heavy (non-hydrogen) atoms. The van der Waals surface area contributed by atoms with Crippen molar-refractivity contribution in [3.8, 4) is 0 Å². The van der Waals surface area contributed by atoms with Gasteiger partial charge < -0.3 is 9.64 Å². The molecule has 0 N–H and O–H groups in total. The molecule has 3 nitrogen and oxygen atoms in total. The third kappa shape index (κ3) is 2.14. The topological polar surface area (TPSA) is 29.5 Å². The second kappa shape index (κ2) is 4.74. The highest BCUT2D eigenvalue weighted by Gasteiger charge is 2.16. The number of benzene rings is 1. The van der Waals surface area contributed by atoms with Gasteiger partial charge in [0.25, 0.3) is 0 Å². The van der Waals surface area contributed by atoms with Crippen LogP contribution in [0.3, 0.4) is 0 Å². The summed E-state index contributed by atoms with van der Waals surface area (Å²) >= 11 is 6.05. The van der Waals surface area contributed by atoms with Crippen LogP contribution >= 0.6 is 11.6 Å². The van der Waals surface area contributed by atoms with E-state index in [1.807, 2.05) is 12.1 Å². The van der Waals surface area contributed by atoms with E-state index in [9.17, 15) is 4.79 Å². The Hall–Kier alpha value is -1.22. The normalized spacial score (nSPS) is 15.2. The number of hydrogen-bond donors (Lipinski definition) is 0. The molecule has 2 rings (SSSR count). The van der Waals surface area contributed by atoms with Crippen molar-refractivity contribution in [3.63, 3.8) is 0 Å². The minimum atomic E-state index is -0.391. The maximum atomic E-state index is 11.3. The summed E-state index contributed by atoms with van der Waals surface area (Å²) in [5, 5.41) is 0.455. The van der Waals surface area contributed by atoms with Gasteiger partial charge in [-0.05, 0) is 31.0 Å². The molecule has 1 saturated heterocycles. The van der Waals surface area contributed by atoms with Crippen LogP contribution in [0.25, 0.3) is 0 Å². The van der Waals surface area contributed by atoms with Crippen LogP contribution in [0.4, 0.5) is 5.69 Å². The van der Waals surface area contributed by atoms with E-state index in [1.54, 1.807) is 6.07 Å². The van der Waals surface area contributed by atoms with Crippen LogP contribution in [0, 0.1) is 0 Å². The van der Waals surface area contributed by atoms with Gasteiger partial charge in [-0.15, -0.1) is 0 Å². The molecule has 86 valence electrons. The van der Waals surface area contributed by atoms with E-state index in [4.69, 9.17) is 11.6 Å². The Morgan fingerprint density at radius 3 is 2.62 bits per heavy atom. The Balaban J connectivity index is 2.25. The molecule has 0 aliphatic carbocycles. The summed E-state index contributed by atoms with van der Waals surface area (Å²) in [5.74, 6) is -0.391. The lowest BCUT2D eigenvalue weighted by Gasteiger charge is -2.18. The van der Waals surface area contributed by atoms with Gasteiger partial charge in [0.2, 0.25) is 0 Å². The predicted molar refractivity (Wildman–Crippen MR) is 64.2 cm³/mol. The molecule has 1 aromatic rings. The number of carbonyl (C=O) groups excluding carboxylic acids is 1. The lowest BCUT2D eigenvalue weighted by Crippen LogP contribution is -2.17. The van der Waals surface area contributed by atoms with Gasteiger partial charge in [0.15, 0.2) is 0 Å². The highest BCUT2D eigenvalue weighted by molar-refractivity contribution is 6.33. The zero-order valence-electron chi connectivity index (χ0n) is 9.20. The van der Waals surface area contributed by atoms with Gasteiger partial charge in [0, 0.05) is 18.8 Å². The standard InChI is InChI=1S/C12H14ClNO2/c1-16-12(15)10-5-4-9(8-11(10)13)14-6-2-3-7-14/h4-5,8H,2-3,6-7H2,1H3. The average molecular weight is 240 g/mol. The maximum Gasteiger partial charge on any atom is 0.339 e. The van der Waals surface area contributed by atoms with Crippen molar-refractivity contribution < 1.29 is 9.53 Å². The third-order valence-electron chi connectivity index (χ3n) is 2.83. The smallest absolute Gasteiger partial charge is 0.339 e. The third-order valence-corrected chi connectivity index (χ3v) is 3.14. The van der Waals surface area contributed by atoms with Crippen molar-refractivity contribution in [2.75, 3.05) is 25.1 Å². The number of methoxy groups -OCH3 is 1. The van der Waals surface area contributed by atoms with Crippen molar-refractivity contribution in [1.82, 2.24) is 0 Å². The van der Waals surface area contributed by atoms with Crippen LogP contribution < -0.4 is 4.90 Å². The zero-order valence-corrected chi connectivity index (χ0v) is 9.96. The van der Waals surface area contributed by atoms with Crippen LogP contribution in [-0.2, 0) is 4.74 Å². The monoisotopic (exact) mass is 239 g/mol. The second-order valence-corrected chi connectivity index (χ2v) is 4.26. The van der Waals surface area contributed by atoms with Crippen LogP contribution in [0.5, 0.6) is 0 Å². The number of hydrogen-bond acceptors (Lipinski definition) is 3. The lowest BCUT2D eigenvalue weighted by atomic mass is 10.2. The molecule has 0 bridgehead atoms. The fraction of sp³-hybridized carbons (Fsp3) is 0.417. The van der Waals surface area contributed by atoms with Gasteiger partial charge in [-0.25, -0.2) is 4.79 Å². The molecule has 4 heteroatoms. The van der Waals surface area contributed by atoms with E-state index in [2.05, 4.69) is 9.64 Å². The maximum absolute atomic E-state index is 11.3. The molecular formula is C12H14ClNO2. The summed E-state index contributed by atoms with van der Waals surface area (Å²) in [6.07, 6.45) is 2.44. The largest absolute Gasteiger partial charge is 0.465 e. The molecule has 1 aromatic carbocycles. The lowest BCUT2D eigenvalue weighted by molar-refractivity contribution is 0.0601. The summed E-state index contributed by atoms with van der Waals surface area (Å²) in [6.45, 7) is 2.13. The summed E-state index contributed by atoms with van der Waals surface area (Å²) in [4.78, 5) is 13.6. The van der Waals surface area contributed by atoms with Gasteiger partial charge in [-0.2, -0.15) is 0 Å². The Morgan fingerprint density at radius 1 is 1.38 bits per heavy atom. The fourth-order valence-corrected chi connectivity index (χ4v) is 2.20. The SMILES string of the molecule is COC(=O)c1ccc(N2CCCC2)cc1Cl. The van der Waals surface area contributed by atoms with Crippen molar-refractivity contribution >= 4 is 23.3 Å². The molecular weight excluding hydrogens is 226 g/mol. The number of rotatable bonds is 2. The highest BCUT2D eigenvalue weighted by atomic mass is 35.5. The van der Waals surface area contributed by atoms with Gasteiger partial charge in [0.05, 0.1) is 17.7 Å². The summed E-state index contributed by atoms with van der Waals surface area (Å²) < 4.78 is 4.65. The van der Waals surface area contributed by atoms with Gasteiger partial charge in [-0.1, -0.05) is 11.6 Å². The number of esters is 1. The summed E-state index contributed by atoms with van der Waals surface area (Å²) in [7, 11) is 1.35. The molecule has 0 atom stereocenters. The highest BCUT2D eigenvalue weighted by Crippen LogP contribution is 2.26. The Morgan fingerprint density at radius 2 is 2.06 bits per heavy atom. The molecule has 0 saturated carbocycles. The van der Waals surface area contributed by atoms with Crippen molar-refractivity contribution in [2.24, 2.45) is 0 Å². The zero-order chi connectivity index (χ0) is 11.5. The van der Waals surface area contributed by atoms with Crippen LogP contribution in [0.2, 0.25) is 5.02 Å². The van der Waals surface area contributed by atoms with Gasteiger partial charge in [-0.3, -0.25) is 0 Å². The van der Waals surface area contributed by atoms with Crippen molar-refractivity contribution in [1.29, 1.82) is 0 Å². The van der Waals surface area contributed by atoms with E-state index < -0.39 is 5.97 Å². The molecule has 0 aromatic heterocycles.